The maximum Gasteiger partial charge on any atom is 0.354 e. The molecule has 2 unspecified atom stereocenters. The predicted molar refractivity (Wildman–Crippen MR) is 89.7 cm³/mol. The molecule has 126 valence electrons. The van der Waals surface area contributed by atoms with Gasteiger partial charge in [0, 0.05) is 30.4 Å². The number of thioether (sulfide) groups is 2. The van der Waals surface area contributed by atoms with Crippen LogP contribution in [0, 0.1) is 0 Å². The van der Waals surface area contributed by atoms with E-state index in [1.165, 1.54) is 19.9 Å². The summed E-state index contributed by atoms with van der Waals surface area (Å²) in [5, 5.41) is 7.77. The molecule has 1 saturated heterocycles. The largest absolute Gasteiger partial charge is 0.477 e. The molecule has 0 aliphatic carbocycles. The minimum absolute atomic E-state index is 0.0556. The standard InChI is InChI=1S/C13H15NO6S3/c1-4-5-23(20)10-6-9(17)14(10)11(12(18)19)13(21-7(2)15)22-8(3)16/h4,10H,1,5-6H2,2-3H3,(H,18,19). The molecule has 1 rings (SSSR count). The number of carbonyl (C=O) groups excluding carboxylic acids is 3. The number of likely N-dealkylation sites (tertiary alicyclic amines) is 1. The Labute approximate surface area is 144 Å². The number of hydrogen-bond donors (Lipinski definition) is 1. The Bertz CT molecular complexity index is 609. The lowest BCUT2D eigenvalue weighted by molar-refractivity contribution is -0.145. The molecule has 1 N–H and O–H groups in total. The summed E-state index contributed by atoms with van der Waals surface area (Å²) in [5.74, 6) is -1.87. The van der Waals surface area contributed by atoms with E-state index in [-0.39, 0.29) is 16.4 Å². The molecule has 0 aromatic rings. The maximum absolute atomic E-state index is 12.1. The lowest BCUT2D eigenvalue weighted by Crippen LogP contribution is -2.55. The van der Waals surface area contributed by atoms with Crippen molar-refractivity contribution in [2.24, 2.45) is 0 Å². The van der Waals surface area contributed by atoms with Crippen LogP contribution in [0.25, 0.3) is 0 Å². The third-order valence-electron chi connectivity index (χ3n) is 2.60. The first-order valence-electron chi connectivity index (χ1n) is 6.33. The van der Waals surface area contributed by atoms with Crippen LogP contribution in [0.1, 0.15) is 20.3 Å². The summed E-state index contributed by atoms with van der Waals surface area (Å²) in [4.78, 5) is 47.0. The van der Waals surface area contributed by atoms with Crippen LogP contribution in [-0.2, 0) is 30.0 Å². The first-order chi connectivity index (χ1) is 10.7. The number of carboxylic acid groups (broad SMARTS) is 1. The highest BCUT2D eigenvalue weighted by Gasteiger charge is 2.45. The molecular weight excluding hydrogens is 362 g/mol. The Morgan fingerprint density at radius 2 is 1.87 bits per heavy atom. The summed E-state index contributed by atoms with van der Waals surface area (Å²) in [6.07, 6.45) is 1.36. The van der Waals surface area contributed by atoms with Crippen LogP contribution >= 0.6 is 23.5 Å². The monoisotopic (exact) mass is 377 g/mol. The first-order valence-corrected chi connectivity index (χ1v) is 9.35. The van der Waals surface area contributed by atoms with Gasteiger partial charge in [0.2, 0.25) is 5.91 Å². The molecule has 0 saturated carbocycles. The van der Waals surface area contributed by atoms with Gasteiger partial charge in [0.15, 0.2) is 15.9 Å². The highest BCUT2D eigenvalue weighted by Crippen LogP contribution is 2.38. The van der Waals surface area contributed by atoms with Gasteiger partial charge in [-0.15, -0.1) is 6.58 Å². The maximum atomic E-state index is 12.1. The van der Waals surface area contributed by atoms with E-state index >= 15 is 0 Å². The van der Waals surface area contributed by atoms with Crippen LogP contribution in [0.4, 0.5) is 0 Å². The molecule has 7 nitrogen and oxygen atoms in total. The number of nitrogens with zero attached hydrogens (tertiary/aromatic N) is 1. The Hall–Kier alpha value is -1.39. The van der Waals surface area contributed by atoms with Crippen molar-refractivity contribution >= 4 is 56.4 Å². The average molecular weight is 377 g/mol. The minimum Gasteiger partial charge on any atom is -0.477 e. The van der Waals surface area contributed by atoms with Gasteiger partial charge in [-0.25, -0.2) is 4.79 Å². The smallest absolute Gasteiger partial charge is 0.354 e. The van der Waals surface area contributed by atoms with Crippen LogP contribution < -0.4 is 0 Å². The van der Waals surface area contributed by atoms with Crippen molar-refractivity contribution in [2.45, 2.75) is 25.6 Å². The summed E-state index contributed by atoms with van der Waals surface area (Å²) >= 11 is 1.12. The van der Waals surface area contributed by atoms with Crippen molar-refractivity contribution in [1.82, 2.24) is 4.90 Å². The summed E-state index contributed by atoms with van der Waals surface area (Å²) in [6.45, 7) is 5.89. The molecule has 1 heterocycles. The molecule has 23 heavy (non-hydrogen) atoms. The molecule has 0 aromatic carbocycles. The second-order valence-corrected chi connectivity index (χ2v) is 8.66. The van der Waals surface area contributed by atoms with Gasteiger partial charge in [-0.2, -0.15) is 0 Å². The number of aliphatic carboxylic acids is 1. The number of β-lactam (4-membered cyclic amide) rings is 1. The van der Waals surface area contributed by atoms with E-state index in [1.54, 1.807) is 0 Å². The van der Waals surface area contributed by atoms with Gasteiger partial charge < -0.3 is 5.11 Å². The molecule has 2 atom stereocenters. The second-order valence-electron chi connectivity index (χ2n) is 4.39. The molecule has 1 aliphatic heterocycles. The summed E-state index contributed by atoms with van der Waals surface area (Å²) in [6, 6.07) is 0. The SMILES string of the molecule is C=CCS(=O)C1CC(=O)N1C(C(=O)O)=C(SC(C)=O)SC(C)=O. The van der Waals surface area contributed by atoms with Gasteiger partial charge in [0.05, 0.1) is 10.7 Å². The van der Waals surface area contributed by atoms with Crippen molar-refractivity contribution in [3.8, 4) is 0 Å². The van der Waals surface area contributed by atoms with Gasteiger partial charge >= 0.3 is 5.97 Å². The van der Waals surface area contributed by atoms with E-state index in [2.05, 4.69) is 6.58 Å². The van der Waals surface area contributed by atoms with E-state index in [4.69, 9.17) is 0 Å². The van der Waals surface area contributed by atoms with Gasteiger partial charge in [0.1, 0.15) is 5.37 Å². The van der Waals surface area contributed by atoms with E-state index < -0.39 is 44.0 Å². The molecule has 1 amide bonds. The van der Waals surface area contributed by atoms with E-state index in [1.807, 2.05) is 0 Å². The second kappa shape index (κ2) is 8.46. The van der Waals surface area contributed by atoms with E-state index in [9.17, 15) is 28.5 Å². The topological polar surface area (TPSA) is 109 Å². The van der Waals surface area contributed by atoms with Crippen LogP contribution in [0.15, 0.2) is 22.6 Å². The van der Waals surface area contributed by atoms with Crippen molar-refractivity contribution in [3.05, 3.63) is 22.6 Å². The van der Waals surface area contributed by atoms with Crippen LogP contribution in [-0.4, -0.2) is 47.4 Å². The van der Waals surface area contributed by atoms with Gasteiger partial charge in [-0.3, -0.25) is 23.5 Å². The first kappa shape index (κ1) is 19.7. The Morgan fingerprint density at radius 3 is 2.22 bits per heavy atom. The third-order valence-corrected chi connectivity index (χ3v) is 5.98. The van der Waals surface area contributed by atoms with Gasteiger partial charge in [-0.1, -0.05) is 6.08 Å². The predicted octanol–water partition coefficient (Wildman–Crippen LogP) is 1.29. The Balaban J connectivity index is 3.31. The number of carboxylic acids is 1. The quantitative estimate of drug-likeness (QED) is 0.402. The van der Waals surface area contributed by atoms with Crippen LogP contribution in [0.5, 0.6) is 0 Å². The molecule has 0 bridgehead atoms. The number of amides is 1. The average Bonchev–Trinajstić information content (AvgIpc) is 2.39. The molecule has 0 spiro atoms. The Morgan fingerprint density at radius 1 is 1.35 bits per heavy atom. The van der Waals surface area contributed by atoms with Crippen molar-refractivity contribution in [2.75, 3.05) is 5.75 Å². The number of rotatable bonds is 7. The molecule has 10 heteroatoms. The highest BCUT2D eigenvalue weighted by molar-refractivity contribution is 8.34. The lowest BCUT2D eigenvalue weighted by atomic mass is 10.2. The fourth-order valence-corrected chi connectivity index (χ4v) is 4.96. The van der Waals surface area contributed by atoms with E-state index in [0.717, 1.165) is 4.90 Å². The summed E-state index contributed by atoms with van der Waals surface area (Å²) in [5.41, 5.74) is -0.482. The van der Waals surface area contributed by atoms with Crippen molar-refractivity contribution in [1.29, 1.82) is 0 Å². The fourth-order valence-electron chi connectivity index (χ4n) is 1.76. The summed E-state index contributed by atoms with van der Waals surface area (Å²) < 4.78 is 12.0. The minimum atomic E-state index is -1.51. The highest BCUT2D eigenvalue weighted by atomic mass is 32.2. The molecule has 1 aliphatic rings. The molecule has 0 aromatic heterocycles. The third kappa shape index (κ3) is 5.05. The normalized spacial score (nSPS) is 17.9. The van der Waals surface area contributed by atoms with Crippen LogP contribution in [0.2, 0.25) is 0 Å². The van der Waals surface area contributed by atoms with Crippen molar-refractivity contribution in [3.63, 3.8) is 0 Å². The zero-order chi connectivity index (χ0) is 17.7. The van der Waals surface area contributed by atoms with E-state index in [0.29, 0.717) is 23.5 Å². The lowest BCUT2D eigenvalue weighted by Gasteiger charge is -2.39. The summed E-state index contributed by atoms with van der Waals surface area (Å²) in [7, 11) is -1.51. The zero-order valence-corrected chi connectivity index (χ0v) is 14.9. The number of carbonyl (C=O) groups is 4. The van der Waals surface area contributed by atoms with Crippen LogP contribution in [0.3, 0.4) is 0 Å². The zero-order valence-electron chi connectivity index (χ0n) is 12.4. The number of hydrogen-bond acceptors (Lipinski definition) is 7. The van der Waals surface area contributed by atoms with Crippen molar-refractivity contribution < 1.29 is 28.5 Å². The molecule has 0 radical (unpaired) electrons. The van der Waals surface area contributed by atoms with Gasteiger partial charge in [-0.05, 0) is 23.5 Å². The Kier molecular flexibility index (Phi) is 7.23. The molecule has 1 fully saturated rings. The molecular formula is C13H15NO6S3. The fraction of sp³-hybridized carbons (Fsp3) is 0.385. The van der Waals surface area contributed by atoms with Gasteiger partial charge in [0.25, 0.3) is 0 Å².